The average molecular weight is 405 g/mol. The molecule has 0 N–H and O–H groups in total. The predicted molar refractivity (Wildman–Crippen MR) is 118 cm³/mol. The van der Waals surface area contributed by atoms with Crippen molar-refractivity contribution < 1.29 is 14.3 Å². The maximum Gasteiger partial charge on any atom is 0.253 e. The number of amides is 1. The Labute approximate surface area is 177 Å². The molecule has 0 saturated carbocycles. The SMILES string of the molecule is COC1=CC2=NCCN(C(=O)c3ccc(OC)cc3)CCc3cccn3C(=C2)CC1. The zero-order chi connectivity index (χ0) is 20.9. The molecule has 0 spiro atoms. The summed E-state index contributed by atoms with van der Waals surface area (Å²) in [5.74, 6) is 1.68. The summed E-state index contributed by atoms with van der Waals surface area (Å²) in [6.45, 7) is 1.75. The van der Waals surface area contributed by atoms with E-state index in [9.17, 15) is 4.79 Å². The molecule has 2 bridgehead atoms. The van der Waals surface area contributed by atoms with Gasteiger partial charge in [0.15, 0.2) is 0 Å². The zero-order valence-electron chi connectivity index (χ0n) is 17.5. The number of nitrogens with zero attached hydrogens (tertiary/aromatic N) is 3. The number of carbonyl (C=O) groups excluding carboxylic acids is 1. The van der Waals surface area contributed by atoms with Crippen molar-refractivity contribution in [1.82, 2.24) is 9.47 Å². The third kappa shape index (κ3) is 4.32. The lowest BCUT2D eigenvalue weighted by molar-refractivity contribution is 0.0762. The molecule has 4 rings (SSSR count). The van der Waals surface area contributed by atoms with Gasteiger partial charge in [-0.1, -0.05) is 0 Å². The van der Waals surface area contributed by atoms with Crippen LogP contribution in [0.1, 0.15) is 28.9 Å². The number of aromatic nitrogens is 1. The van der Waals surface area contributed by atoms with E-state index in [1.54, 1.807) is 14.2 Å². The molecule has 6 heteroatoms. The lowest BCUT2D eigenvalue weighted by Crippen LogP contribution is -2.35. The first-order valence-electron chi connectivity index (χ1n) is 10.3. The van der Waals surface area contributed by atoms with Crippen LogP contribution in [0.15, 0.2) is 65.5 Å². The van der Waals surface area contributed by atoms with E-state index in [1.165, 1.54) is 11.4 Å². The highest BCUT2D eigenvalue weighted by Gasteiger charge is 2.19. The summed E-state index contributed by atoms with van der Waals surface area (Å²) in [6.07, 6.45) is 8.74. The summed E-state index contributed by atoms with van der Waals surface area (Å²) in [6, 6.07) is 11.5. The van der Waals surface area contributed by atoms with E-state index >= 15 is 0 Å². The topological polar surface area (TPSA) is 56.1 Å². The minimum atomic E-state index is 0.0140. The van der Waals surface area contributed by atoms with Crippen molar-refractivity contribution in [2.24, 2.45) is 4.99 Å². The van der Waals surface area contributed by atoms with Crippen LogP contribution >= 0.6 is 0 Å². The van der Waals surface area contributed by atoms with Crippen LogP contribution in [0.25, 0.3) is 5.70 Å². The molecule has 0 fully saturated rings. The molecule has 6 nitrogen and oxygen atoms in total. The quantitative estimate of drug-likeness (QED) is 0.781. The molecule has 156 valence electrons. The van der Waals surface area contributed by atoms with Crippen molar-refractivity contribution in [3.05, 3.63) is 71.8 Å². The first-order valence-corrected chi connectivity index (χ1v) is 10.3. The van der Waals surface area contributed by atoms with Gasteiger partial charge >= 0.3 is 0 Å². The molecule has 1 aliphatic carbocycles. The van der Waals surface area contributed by atoms with Crippen molar-refractivity contribution in [2.45, 2.75) is 19.3 Å². The number of benzene rings is 1. The number of rotatable bonds is 3. The standard InChI is InChI=1S/C24H27N3O3/c1-29-22-8-5-18(6-9-22)24(28)26-14-11-20-4-3-13-27(20)21-7-10-23(30-2)17-19(16-21)25-12-15-26/h3-6,8-9,13,16-17H,7,10-12,14-15H2,1-2H3. The monoisotopic (exact) mass is 405 g/mol. The molecule has 30 heavy (non-hydrogen) atoms. The Morgan fingerprint density at radius 1 is 0.967 bits per heavy atom. The fourth-order valence-corrected chi connectivity index (χ4v) is 3.90. The molecule has 0 atom stereocenters. The Hall–Kier alpha value is -3.28. The maximum absolute atomic E-state index is 13.2. The summed E-state index contributed by atoms with van der Waals surface area (Å²) < 4.78 is 12.9. The van der Waals surface area contributed by atoms with Gasteiger partial charge in [0.1, 0.15) is 5.75 Å². The lowest BCUT2D eigenvalue weighted by Gasteiger charge is -2.23. The summed E-state index contributed by atoms with van der Waals surface area (Å²) in [5.41, 5.74) is 3.94. The smallest absolute Gasteiger partial charge is 0.253 e. The lowest BCUT2D eigenvalue weighted by atomic mass is 10.1. The maximum atomic E-state index is 13.2. The van der Waals surface area contributed by atoms with Gasteiger partial charge in [0, 0.05) is 55.2 Å². The number of ether oxygens (including phenoxy) is 2. The average Bonchev–Trinajstić information content (AvgIpc) is 3.14. The Bertz CT molecular complexity index is 999. The summed E-state index contributed by atoms with van der Waals surface area (Å²) in [4.78, 5) is 19.8. The van der Waals surface area contributed by atoms with Crippen LogP contribution in [0.4, 0.5) is 0 Å². The molecule has 1 aliphatic heterocycles. The largest absolute Gasteiger partial charge is 0.501 e. The number of methoxy groups -OCH3 is 2. The van der Waals surface area contributed by atoms with E-state index in [4.69, 9.17) is 14.5 Å². The van der Waals surface area contributed by atoms with E-state index in [2.05, 4.69) is 29.0 Å². The van der Waals surface area contributed by atoms with Crippen LogP contribution in [0.5, 0.6) is 5.75 Å². The molecular weight excluding hydrogens is 378 g/mol. The first-order chi connectivity index (χ1) is 14.7. The second-order valence-electron chi connectivity index (χ2n) is 7.40. The van der Waals surface area contributed by atoms with Gasteiger partial charge in [-0.25, -0.2) is 0 Å². The molecular formula is C24H27N3O3. The fraction of sp³-hybridized carbons (Fsp3) is 0.333. The Morgan fingerprint density at radius 2 is 1.80 bits per heavy atom. The highest BCUT2D eigenvalue weighted by Crippen LogP contribution is 2.24. The van der Waals surface area contributed by atoms with Crippen LogP contribution in [-0.4, -0.2) is 54.9 Å². The van der Waals surface area contributed by atoms with Gasteiger partial charge in [0.05, 0.1) is 32.2 Å². The normalized spacial score (nSPS) is 16.9. The van der Waals surface area contributed by atoms with Gasteiger partial charge in [-0.3, -0.25) is 9.79 Å². The fourth-order valence-electron chi connectivity index (χ4n) is 3.90. The molecule has 2 aromatic rings. The van der Waals surface area contributed by atoms with E-state index in [-0.39, 0.29) is 5.91 Å². The molecule has 0 unspecified atom stereocenters. The molecule has 0 saturated heterocycles. The highest BCUT2D eigenvalue weighted by atomic mass is 16.5. The predicted octanol–water partition coefficient (Wildman–Crippen LogP) is 3.80. The summed E-state index contributed by atoms with van der Waals surface area (Å²) in [5, 5.41) is 0. The van der Waals surface area contributed by atoms with Crippen molar-refractivity contribution in [3.63, 3.8) is 0 Å². The number of hydrogen-bond donors (Lipinski definition) is 0. The minimum Gasteiger partial charge on any atom is -0.501 e. The number of carbonyl (C=O) groups is 1. The van der Waals surface area contributed by atoms with E-state index in [0.717, 1.165) is 36.5 Å². The van der Waals surface area contributed by atoms with E-state index < -0.39 is 0 Å². The van der Waals surface area contributed by atoms with Crippen LogP contribution in [0.3, 0.4) is 0 Å². The minimum absolute atomic E-state index is 0.0140. The van der Waals surface area contributed by atoms with Gasteiger partial charge in [-0.2, -0.15) is 0 Å². The summed E-state index contributed by atoms with van der Waals surface area (Å²) in [7, 11) is 3.32. The van der Waals surface area contributed by atoms with Crippen LogP contribution in [-0.2, 0) is 11.2 Å². The number of fused-ring (bicyclic) bond motifs is 3. The van der Waals surface area contributed by atoms with Crippen LogP contribution in [0.2, 0.25) is 0 Å². The van der Waals surface area contributed by atoms with Crippen molar-refractivity contribution in [1.29, 1.82) is 0 Å². The van der Waals surface area contributed by atoms with Gasteiger partial charge in [-0.05, 0) is 48.9 Å². The number of allylic oxidation sites excluding steroid dienone is 4. The van der Waals surface area contributed by atoms with Crippen molar-refractivity contribution in [3.8, 4) is 5.75 Å². The Kier molecular flexibility index (Phi) is 6.02. The van der Waals surface area contributed by atoms with Crippen LogP contribution in [0, 0.1) is 0 Å². The van der Waals surface area contributed by atoms with E-state index in [0.29, 0.717) is 25.2 Å². The molecule has 1 aromatic heterocycles. The van der Waals surface area contributed by atoms with Crippen LogP contribution < -0.4 is 4.74 Å². The molecule has 2 aliphatic rings. The van der Waals surface area contributed by atoms with Crippen molar-refractivity contribution in [2.75, 3.05) is 33.9 Å². The van der Waals surface area contributed by atoms with Gasteiger partial charge in [0.25, 0.3) is 5.91 Å². The van der Waals surface area contributed by atoms with Gasteiger partial charge < -0.3 is 18.9 Å². The molecule has 1 amide bonds. The molecule has 1 aromatic carbocycles. The van der Waals surface area contributed by atoms with Crippen molar-refractivity contribution >= 4 is 17.3 Å². The van der Waals surface area contributed by atoms with Gasteiger partial charge in [0.2, 0.25) is 0 Å². The molecule has 0 radical (unpaired) electrons. The second kappa shape index (κ2) is 9.03. The second-order valence-corrected chi connectivity index (χ2v) is 7.40. The number of hydrogen-bond acceptors (Lipinski definition) is 4. The third-order valence-corrected chi connectivity index (χ3v) is 5.58. The first kappa shape index (κ1) is 20.0. The highest BCUT2D eigenvalue weighted by molar-refractivity contribution is 6.07. The third-order valence-electron chi connectivity index (χ3n) is 5.58. The molecule has 2 heterocycles. The zero-order valence-corrected chi connectivity index (χ0v) is 17.5. The summed E-state index contributed by atoms with van der Waals surface area (Å²) >= 11 is 0. The Balaban J connectivity index is 1.63. The van der Waals surface area contributed by atoms with E-state index in [1.807, 2.05) is 35.2 Å². The number of aliphatic imine (C=N–C) groups is 1. The van der Waals surface area contributed by atoms with Gasteiger partial charge in [-0.15, -0.1) is 0 Å². The Morgan fingerprint density at radius 3 is 2.57 bits per heavy atom.